The fourth-order valence-electron chi connectivity index (χ4n) is 2.69. The first-order chi connectivity index (χ1) is 12.4. The number of fused-ring (bicyclic) bond motifs is 1. The van der Waals surface area contributed by atoms with Crippen LogP contribution in [0.2, 0.25) is 0 Å². The summed E-state index contributed by atoms with van der Waals surface area (Å²) in [6.07, 6.45) is 2.09. The molecule has 1 aromatic rings. The predicted molar refractivity (Wildman–Crippen MR) is 98.8 cm³/mol. The van der Waals surface area contributed by atoms with Crippen molar-refractivity contribution >= 4 is 11.9 Å². The number of ether oxygens (including phenoxy) is 1. The van der Waals surface area contributed by atoms with Gasteiger partial charge in [0.25, 0.3) is 5.56 Å². The monoisotopic (exact) mass is 352 g/mol. The van der Waals surface area contributed by atoms with Crippen LogP contribution in [0.25, 0.3) is 11.4 Å². The van der Waals surface area contributed by atoms with E-state index in [1.54, 1.807) is 36.3 Å². The van der Waals surface area contributed by atoms with Crippen LogP contribution in [-0.2, 0) is 18.2 Å². The number of carbonyl (C=O) groups is 1. The first-order valence-corrected chi connectivity index (χ1v) is 8.11. The van der Waals surface area contributed by atoms with Crippen molar-refractivity contribution in [2.45, 2.75) is 6.42 Å². The van der Waals surface area contributed by atoms with Crippen molar-refractivity contribution in [2.75, 3.05) is 26.1 Å². The molecule has 0 saturated carbocycles. The number of esters is 1. The average Bonchev–Trinajstić information content (AvgIpc) is 3.03. The molecular formula is C19H20N4O3. The normalized spacial score (nSPS) is 10.8. The zero-order valence-corrected chi connectivity index (χ0v) is 15.2. The summed E-state index contributed by atoms with van der Waals surface area (Å²) in [7, 11) is 6.77. The minimum absolute atomic E-state index is 0.123. The quantitative estimate of drug-likeness (QED) is 0.666. The molecule has 2 aliphatic heterocycles. The molecule has 134 valence electrons. The van der Waals surface area contributed by atoms with Crippen molar-refractivity contribution in [1.82, 2.24) is 14.5 Å². The molecular weight excluding hydrogens is 332 g/mol. The largest absolute Gasteiger partial charge is 0.465 e. The second-order valence-corrected chi connectivity index (χ2v) is 6.23. The molecule has 7 nitrogen and oxygen atoms in total. The van der Waals surface area contributed by atoms with E-state index in [4.69, 9.17) is 4.74 Å². The molecule has 0 N–H and O–H groups in total. The average molecular weight is 352 g/mol. The predicted octanol–water partition coefficient (Wildman–Crippen LogP) is 1.72. The first kappa shape index (κ1) is 17.6. The van der Waals surface area contributed by atoms with Crippen LogP contribution < -0.4 is 10.5 Å². The minimum Gasteiger partial charge on any atom is -0.465 e. The topological polar surface area (TPSA) is 77.3 Å². The number of rotatable bonds is 4. The molecule has 2 heterocycles. The molecule has 0 saturated heterocycles. The number of benzene rings is 1. The third-order valence-electron chi connectivity index (χ3n) is 4.15. The van der Waals surface area contributed by atoms with Crippen LogP contribution >= 0.6 is 0 Å². The number of aromatic nitrogens is 3. The van der Waals surface area contributed by atoms with Crippen molar-refractivity contribution in [3.63, 3.8) is 0 Å². The summed E-state index contributed by atoms with van der Waals surface area (Å²) in [6, 6.07) is 8.80. The Hall–Kier alpha value is -3.22. The minimum atomic E-state index is -0.390. The van der Waals surface area contributed by atoms with Crippen LogP contribution in [0.4, 0.5) is 5.95 Å². The lowest BCUT2D eigenvalue weighted by molar-refractivity contribution is 0.0600. The lowest BCUT2D eigenvalue weighted by atomic mass is 10.0. The Balaban J connectivity index is 2.07. The van der Waals surface area contributed by atoms with Gasteiger partial charge in [0.1, 0.15) is 5.69 Å². The molecule has 2 aliphatic rings. The molecule has 0 atom stereocenters. The Bertz CT molecular complexity index is 977. The van der Waals surface area contributed by atoms with Crippen LogP contribution in [0, 0.1) is 0 Å². The molecule has 7 heteroatoms. The summed E-state index contributed by atoms with van der Waals surface area (Å²) in [4.78, 5) is 35.2. The molecule has 1 aromatic carbocycles. The van der Waals surface area contributed by atoms with Crippen LogP contribution in [0.1, 0.15) is 21.5 Å². The summed E-state index contributed by atoms with van der Waals surface area (Å²) < 4.78 is 6.23. The van der Waals surface area contributed by atoms with E-state index < -0.39 is 5.97 Å². The molecule has 0 radical (unpaired) electrons. The van der Waals surface area contributed by atoms with Crippen LogP contribution in [0.15, 0.2) is 41.3 Å². The maximum absolute atomic E-state index is 12.8. The van der Waals surface area contributed by atoms with Crippen LogP contribution in [-0.4, -0.2) is 41.7 Å². The fourth-order valence-corrected chi connectivity index (χ4v) is 2.69. The number of carbonyl (C=O) groups excluding carboxylic acids is 1. The third kappa shape index (κ3) is 3.28. The Morgan fingerprint density at radius 1 is 1.15 bits per heavy atom. The van der Waals surface area contributed by atoms with Crippen molar-refractivity contribution in [3.05, 3.63) is 63.6 Å². The second kappa shape index (κ2) is 6.95. The van der Waals surface area contributed by atoms with E-state index >= 15 is 0 Å². The number of methoxy groups -OCH3 is 1. The lowest BCUT2D eigenvalue weighted by Gasteiger charge is -2.05. The van der Waals surface area contributed by atoms with E-state index in [2.05, 4.69) is 9.97 Å². The van der Waals surface area contributed by atoms with Crippen molar-refractivity contribution in [2.24, 2.45) is 7.05 Å². The van der Waals surface area contributed by atoms with Crippen molar-refractivity contribution in [1.29, 1.82) is 0 Å². The van der Waals surface area contributed by atoms with Crippen LogP contribution in [0.3, 0.4) is 0 Å². The van der Waals surface area contributed by atoms with Gasteiger partial charge in [0.15, 0.2) is 0 Å². The summed E-state index contributed by atoms with van der Waals surface area (Å²) in [5.41, 5.74) is 3.08. The molecule has 0 amide bonds. The maximum atomic E-state index is 12.8. The zero-order valence-electron chi connectivity index (χ0n) is 15.2. The van der Waals surface area contributed by atoms with Crippen molar-refractivity contribution < 1.29 is 9.53 Å². The smallest absolute Gasteiger partial charge is 0.337 e. The van der Waals surface area contributed by atoms with Gasteiger partial charge >= 0.3 is 5.97 Å². The van der Waals surface area contributed by atoms with Gasteiger partial charge in [0, 0.05) is 39.3 Å². The molecule has 26 heavy (non-hydrogen) atoms. The number of hydrogen-bond acceptors (Lipinski definition) is 6. The number of hydrogen-bond donors (Lipinski definition) is 0. The number of aryl methyl sites for hydroxylation is 1. The van der Waals surface area contributed by atoms with Gasteiger partial charge < -0.3 is 14.2 Å². The van der Waals surface area contributed by atoms with Gasteiger partial charge in [-0.05, 0) is 23.8 Å². The highest BCUT2D eigenvalue weighted by Crippen LogP contribution is 2.25. The molecule has 3 rings (SSSR count). The zero-order chi connectivity index (χ0) is 18.8. The fraction of sp³-hybridized carbons (Fsp3) is 0.263. The Morgan fingerprint density at radius 2 is 1.85 bits per heavy atom. The molecule has 0 fully saturated rings. The highest BCUT2D eigenvalue weighted by Gasteiger charge is 2.19. The standard InChI is InChI=1S/C19H20N4O3/c1-22(2)19-20-15-9-10-23(3)17(24)14(16(15)21-19)11-12-5-7-13(8-6-12)18(25)26-4/h5-10H,11H2,1-4H3. The Morgan fingerprint density at radius 3 is 2.46 bits per heavy atom. The number of anilines is 1. The molecule has 0 bridgehead atoms. The van der Waals surface area contributed by atoms with E-state index in [0.717, 1.165) is 5.56 Å². The molecule has 0 aliphatic carbocycles. The Kier molecular flexibility index (Phi) is 4.71. The molecule has 0 unspecified atom stereocenters. The Labute approximate surface area is 151 Å². The van der Waals surface area contributed by atoms with Gasteiger partial charge in [-0.15, -0.1) is 0 Å². The van der Waals surface area contributed by atoms with E-state index in [1.165, 1.54) is 11.7 Å². The molecule has 0 aromatic heterocycles. The van der Waals surface area contributed by atoms with E-state index in [0.29, 0.717) is 34.9 Å². The summed E-state index contributed by atoms with van der Waals surface area (Å²) in [5, 5.41) is 0. The van der Waals surface area contributed by atoms with Gasteiger partial charge in [-0.1, -0.05) is 12.1 Å². The van der Waals surface area contributed by atoms with E-state index in [-0.39, 0.29) is 5.56 Å². The van der Waals surface area contributed by atoms with E-state index in [1.807, 2.05) is 26.2 Å². The summed E-state index contributed by atoms with van der Waals surface area (Å²) in [6.45, 7) is 0. The second-order valence-electron chi connectivity index (χ2n) is 6.23. The van der Waals surface area contributed by atoms with Crippen molar-refractivity contribution in [3.8, 4) is 11.4 Å². The molecule has 0 spiro atoms. The summed E-state index contributed by atoms with van der Waals surface area (Å²) >= 11 is 0. The van der Waals surface area contributed by atoms with Gasteiger partial charge in [-0.3, -0.25) is 4.79 Å². The maximum Gasteiger partial charge on any atom is 0.337 e. The highest BCUT2D eigenvalue weighted by atomic mass is 16.5. The first-order valence-electron chi connectivity index (χ1n) is 8.11. The number of nitrogens with zero attached hydrogens (tertiary/aromatic N) is 4. The lowest BCUT2D eigenvalue weighted by Crippen LogP contribution is -2.19. The highest BCUT2D eigenvalue weighted by molar-refractivity contribution is 5.89. The van der Waals surface area contributed by atoms with Gasteiger partial charge in [0.05, 0.1) is 18.4 Å². The summed E-state index contributed by atoms with van der Waals surface area (Å²) in [5.74, 6) is 0.175. The van der Waals surface area contributed by atoms with Gasteiger partial charge in [0.2, 0.25) is 5.95 Å². The van der Waals surface area contributed by atoms with Crippen LogP contribution in [0.5, 0.6) is 0 Å². The number of imidazole rings is 1. The SMILES string of the molecule is COC(=O)c1ccc(Cc2c3nc(N(C)C)nc-3ccn(C)c2=O)cc1. The third-order valence-corrected chi connectivity index (χ3v) is 4.15. The van der Waals surface area contributed by atoms with Gasteiger partial charge in [-0.25, -0.2) is 14.8 Å². The van der Waals surface area contributed by atoms with Gasteiger partial charge in [-0.2, -0.15) is 0 Å². The van der Waals surface area contributed by atoms with E-state index in [9.17, 15) is 9.59 Å².